The molecule has 1 heterocycles. The number of nitrogens with zero attached hydrogens (tertiary/aromatic N) is 1. The summed E-state index contributed by atoms with van der Waals surface area (Å²) in [5.41, 5.74) is -0.145. The Kier molecular flexibility index (Phi) is 3.55. The number of aromatic amines is 1. The van der Waals surface area contributed by atoms with Crippen LogP contribution < -0.4 is 5.56 Å². The smallest absolute Gasteiger partial charge is 0.251 e. The van der Waals surface area contributed by atoms with Crippen molar-refractivity contribution in [1.29, 1.82) is 0 Å². The normalized spacial score (nSPS) is 11.6. The SMILES string of the molecule is CSC(C)(C)Cn1ccc(=O)[nH]c1=S. The highest BCUT2D eigenvalue weighted by molar-refractivity contribution is 7.99. The van der Waals surface area contributed by atoms with Gasteiger partial charge in [0, 0.05) is 23.6 Å². The zero-order valence-electron chi connectivity index (χ0n) is 8.53. The highest BCUT2D eigenvalue weighted by Gasteiger charge is 2.16. The molecule has 1 aromatic heterocycles. The van der Waals surface area contributed by atoms with Crippen molar-refractivity contribution >= 4 is 24.0 Å². The number of aromatic nitrogens is 2. The molecule has 0 bridgehead atoms. The van der Waals surface area contributed by atoms with E-state index in [0.29, 0.717) is 4.77 Å². The first-order chi connectivity index (χ1) is 6.44. The van der Waals surface area contributed by atoms with Crippen molar-refractivity contribution in [2.75, 3.05) is 6.26 Å². The lowest BCUT2D eigenvalue weighted by molar-refractivity contribution is 0.551. The quantitative estimate of drug-likeness (QED) is 0.808. The minimum absolute atomic E-state index is 0.121. The lowest BCUT2D eigenvalue weighted by Crippen LogP contribution is -2.24. The second kappa shape index (κ2) is 4.31. The predicted octanol–water partition coefficient (Wildman–Crippen LogP) is 2.05. The first-order valence-electron chi connectivity index (χ1n) is 4.29. The topological polar surface area (TPSA) is 37.8 Å². The van der Waals surface area contributed by atoms with Gasteiger partial charge in [0.2, 0.25) is 0 Å². The Morgan fingerprint density at radius 1 is 1.64 bits per heavy atom. The molecule has 0 radical (unpaired) electrons. The van der Waals surface area contributed by atoms with Crippen molar-refractivity contribution in [3.8, 4) is 0 Å². The van der Waals surface area contributed by atoms with Gasteiger partial charge in [0.05, 0.1) is 0 Å². The van der Waals surface area contributed by atoms with Crippen LogP contribution in [0.15, 0.2) is 17.1 Å². The molecule has 0 spiro atoms. The van der Waals surface area contributed by atoms with Gasteiger partial charge in [0.15, 0.2) is 4.77 Å². The molecule has 0 saturated carbocycles. The molecule has 0 atom stereocenters. The lowest BCUT2D eigenvalue weighted by Gasteiger charge is -2.23. The van der Waals surface area contributed by atoms with Gasteiger partial charge in [-0.2, -0.15) is 11.8 Å². The number of H-pyrrole nitrogens is 1. The molecule has 0 aliphatic carbocycles. The Morgan fingerprint density at radius 2 is 2.29 bits per heavy atom. The maximum Gasteiger partial charge on any atom is 0.251 e. The summed E-state index contributed by atoms with van der Waals surface area (Å²) in [6, 6.07) is 1.49. The Morgan fingerprint density at radius 3 is 2.79 bits per heavy atom. The maximum atomic E-state index is 10.9. The molecule has 0 aromatic carbocycles. The zero-order valence-corrected chi connectivity index (χ0v) is 10.2. The third kappa shape index (κ3) is 2.99. The first kappa shape index (κ1) is 11.5. The molecule has 78 valence electrons. The molecule has 0 saturated heterocycles. The van der Waals surface area contributed by atoms with Crippen molar-refractivity contribution in [3.63, 3.8) is 0 Å². The summed E-state index contributed by atoms with van der Waals surface area (Å²) in [5, 5.41) is 0. The molecule has 0 fully saturated rings. The van der Waals surface area contributed by atoms with E-state index in [1.807, 2.05) is 4.57 Å². The Bertz CT molecular complexity index is 419. The second-order valence-corrected chi connectivity index (χ2v) is 5.60. The third-order valence-electron chi connectivity index (χ3n) is 2.00. The van der Waals surface area contributed by atoms with Crippen LogP contribution in [0.2, 0.25) is 0 Å². The summed E-state index contributed by atoms with van der Waals surface area (Å²) in [5.74, 6) is 0. The molecule has 5 heteroatoms. The summed E-state index contributed by atoms with van der Waals surface area (Å²) in [4.78, 5) is 13.5. The van der Waals surface area contributed by atoms with E-state index in [-0.39, 0.29) is 10.3 Å². The molecule has 1 rings (SSSR count). The van der Waals surface area contributed by atoms with Crippen molar-refractivity contribution in [2.24, 2.45) is 0 Å². The van der Waals surface area contributed by atoms with Crippen molar-refractivity contribution in [2.45, 2.75) is 25.1 Å². The van der Waals surface area contributed by atoms with Crippen molar-refractivity contribution in [3.05, 3.63) is 27.4 Å². The van der Waals surface area contributed by atoms with E-state index in [0.717, 1.165) is 6.54 Å². The number of nitrogens with one attached hydrogen (secondary N) is 1. The lowest BCUT2D eigenvalue weighted by atomic mass is 10.2. The molecular formula is C9H14N2OS2. The molecule has 3 nitrogen and oxygen atoms in total. The standard InChI is InChI=1S/C9H14N2OS2/c1-9(2,14-3)6-11-5-4-7(12)10-8(11)13/h4-5H,6H2,1-3H3,(H,10,12,13). The van der Waals surface area contributed by atoms with E-state index in [4.69, 9.17) is 12.2 Å². The summed E-state index contributed by atoms with van der Waals surface area (Å²) in [7, 11) is 0. The van der Waals surface area contributed by atoms with Crippen molar-refractivity contribution in [1.82, 2.24) is 9.55 Å². The van der Waals surface area contributed by atoms with Gasteiger partial charge in [0.1, 0.15) is 0 Å². The summed E-state index contributed by atoms with van der Waals surface area (Å²) in [6.45, 7) is 5.08. The first-order valence-corrected chi connectivity index (χ1v) is 5.93. The van der Waals surface area contributed by atoms with E-state index in [9.17, 15) is 4.79 Å². The van der Waals surface area contributed by atoms with E-state index >= 15 is 0 Å². The number of rotatable bonds is 3. The summed E-state index contributed by atoms with van der Waals surface area (Å²) < 4.78 is 2.49. The van der Waals surface area contributed by atoms with Gasteiger partial charge in [-0.1, -0.05) is 0 Å². The van der Waals surface area contributed by atoms with Crippen LogP contribution >= 0.6 is 24.0 Å². The predicted molar refractivity (Wildman–Crippen MR) is 63.5 cm³/mol. The van der Waals surface area contributed by atoms with E-state index < -0.39 is 0 Å². The van der Waals surface area contributed by atoms with Crippen LogP contribution in [0, 0.1) is 4.77 Å². The van der Waals surface area contributed by atoms with Gasteiger partial charge in [-0.25, -0.2) is 0 Å². The minimum Gasteiger partial charge on any atom is -0.324 e. The van der Waals surface area contributed by atoms with E-state index in [2.05, 4.69) is 25.1 Å². The summed E-state index contributed by atoms with van der Waals surface area (Å²) in [6.07, 6.45) is 3.80. The fourth-order valence-corrected chi connectivity index (χ4v) is 1.54. The van der Waals surface area contributed by atoms with Gasteiger partial charge in [-0.05, 0) is 32.3 Å². The van der Waals surface area contributed by atoms with Crippen LogP contribution in [0.1, 0.15) is 13.8 Å². The monoisotopic (exact) mass is 230 g/mol. The number of hydrogen-bond acceptors (Lipinski definition) is 3. The largest absolute Gasteiger partial charge is 0.324 e. The molecule has 1 N–H and O–H groups in total. The van der Waals surface area contributed by atoms with Crippen LogP contribution in [-0.2, 0) is 6.54 Å². The van der Waals surface area contributed by atoms with Gasteiger partial charge < -0.3 is 4.57 Å². The Hall–Kier alpha value is -0.550. The van der Waals surface area contributed by atoms with Gasteiger partial charge >= 0.3 is 0 Å². The third-order valence-corrected chi connectivity index (χ3v) is 3.57. The molecule has 0 unspecified atom stereocenters. The van der Waals surface area contributed by atoms with E-state index in [1.165, 1.54) is 6.07 Å². The Labute approximate surface area is 92.5 Å². The van der Waals surface area contributed by atoms with Crippen LogP contribution in [-0.4, -0.2) is 20.6 Å². The van der Waals surface area contributed by atoms with Gasteiger partial charge in [0.25, 0.3) is 5.56 Å². The maximum absolute atomic E-state index is 10.9. The summed E-state index contributed by atoms with van der Waals surface area (Å²) >= 11 is 6.83. The molecule has 14 heavy (non-hydrogen) atoms. The molecule has 0 amide bonds. The second-order valence-electron chi connectivity index (χ2n) is 3.70. The van der Waals surface area contributed by atoms with Crippen molar-refractivity contribution < 1.29 is 0 Å². The van der Waals surface area contributed by atoms with Crippen LogP contribution in [0.3, 0.4) is 0 Å². The molecule has 0 aliphatic heterocycles. The zero-order chi connectivity index (χ0) is 10.8. The number of thioether (sulfide) groups is 1. The molecule has 1 aromatic rings. The minimum atomic E-state index is -0.145. The van der Waals surface area contributed by atoms with Gasteiger partial charge in [-0.15, -0.1) is 0 Å². The van der Waals surface area contributed by atoms with E-state index in [1.54, 1.807) is 18.0 Å². The average Bonchev–Trinajstić information content (AvgIpc) is 2.10. The van der Waals surface area contributed by atoms with Crippen LogP contribution in [0.25, 0.3) is 0 Å². The number of hydrogen-bond donors (Lipinski definition) is 1. The van der Waals surface area contributed by atoms with Crippen LogP contribution in [0.4, 0.5) is 0 Å². The fraction of sp³-hybridized carbons (Fsp3) is 0.556. The highest BCUT2D eigenvalue weighted by atomic mass is 32.2. The van der Waals surface area contributed by atoms with Crippen LogP contribution in [0.5, 0.6) is 0 Å². The average molecular weight is 230 g/mol. The Balaban J connectivity index is 2.99. The molecular weight excluding hydrogens is 216 g/mol. The van der Waals surface area contributed by atoms with Gasteiger partial charge in [-0.3, -0.25) is 9.78 Å². The highest BCUT2D eigenvalue weighted by Crippen LogP contribution is 2.22. The fourth-order valence-electron chi connectivity index (χ4n) is 1.04. The molecule has 0 aliphatic rings.